The predicted molar refractivity (Wildman–Crippen MR) is 123 cm³/mol. The molecule has 1 aromatic carbocycles. The van der Waals surface area contributed by atoms with Crippen LogP contribution in [0.25, 0.3) is 5.57 Å². The van der Waals surface area contributed by atoms with E-state index in [0.29, 0.717) is 31.1 Å². The van der Waals surface area contributed by atoms with Crippen molar-refractivity contribution in [3.63, 3.8) is 0 Å². The van der Waals surface area contributed by atoms with Gasteiger partial charge in [-0.1, -0.05) is 6.07 Å². The van der Waals surface area contributed by atoms with Crippen LogP contribution in [0.3, 0.4) is 0 Å². The second-order valence-corrected chi connectivity index (χ2v) is 9.38. The summed E-state index contributed by atoms with van der Waals surface area (Å²) >= 11 is 0. The molecule has 4 aliphatic rings. The van der Waals surface area contributed by atoms with E-state index in [1.807, 2.05) is 25.1 Å². The second kappa shape index (κ2) is 8.24. The van der Waals surface area contributed by atoms with Crippen LogP contribution >= 0.6 is 0 Å². The number of aliphatic imine (C=N–C) groups is 1. The van der Waals surface area contributed by atoms with Crippen molar-refractivity contribution in [3.05, 3.63) is 30.0 Å². The summed E-state index contributed by atoms with van der Waals surface area (Å²) in [4.78, 5) is 33.5. The molecule has 8 nitrogen and oxygen atoms in total. The van der Waals surface area contributed by atoms with Gasteiger partial charge in [-0.15, -0.1) is 0 Å². The Kier molecular flexibility index (Phi) is 5.41. The van der Waals surface area contributed by atoms with E-state index >= 15 is 0 Å². The zero-order valence-electron chi connectivity index (χ0n) is 18.6. The molecule has 2 aliphatic carbocycles. The van der Waals surface area contributed by atoms with Gasteiger partial charge in [-0.2, -0.15) is 0 Å². The maximum absolute atomic E-state index is 13.2. The average Bonchev–Trinajstić information content (AvgIpc) is 3.34. The Bertz CT molecular complexity index is 976. The molecule has 1 aromatic rings. The molecule has 0 aromatic heterocycles. The molecule has 32 heavy (non-hydrogen) atoms. The van der Waals surface area contributed by atoms with Crippen molar-refractivity contribution >= 4 is 35.2 Å². The fourth-order valence-corrected chi connectivity index (χ4v) is 5.13. The van der Waals surface area contributed by atoms with E-state index in [0.717, 1.165) is 35.8 Å². The van der Waals surface area contributed by atoms with Crippen molar-refractivity contribution < 1.29 is 19.1 Å². The molecule has 2 saturated carbocycles. The van der Waals surface area contributed by atoms with Crippen molar-refractivity contribution in [3.8, 4) is 0 Å². The van der Waals surface area contributed by atoms with Gasteiger partial charge in [-0.05, 0) is 55.7 Å². The number of hydrogen-bond donors (Lipinski definition) is 1. The third kappa shape index (κ3) is 3.88. The molecule has 5 rings (SSSR count). The van der Waals surface area contributed by atoms with Crippen LogP contribution in [-0.4, -0.2) is 56.2 Å². The number of amides is 2. The molecule has 8 heteroatoms. The molecule has 1 saturated heterocycles. The molecule has 170 valence electrons. The number of anilines is 2. The van der Waals surface area contributed by atoms with Crippen molar-refractivity contribution in [2.24, 2.45) is 22.6 Å². The Morgan fingerprint density at radius 1 is 1.19 bits per heavy atom. The van der Waals surface area contributed by atoms with Gasteiger partial charge in [0.05, 0.1) is 36.7 Å². The molecule has 2 aliphatic heterocycles. The smallest absolute Gasteiger partial charge is 0.414 e. The summed E-state index contributed by atoms with van der Waals surface area (Å²) in [7, 11) is 0. The van der Waals surface area contributed by atoms with Gasteiger partial charge in [0.1, 0.15) is 6.10 Å². The van der Waals surface area contributed by atoms with E-state index in [9.17, 15) is 9.59 Å². The lowest BCUT2D eigenvalue weighted by Gasteiger charge is -2.40. The topological polar surface area (TPSA) is 97.5 Å². The predicted octanol–water partition coefficient (Wildman–Crippen LogP) is 2.95. The standard InChI is InChI=1S/C24H30N4O4/c1-14-11-27(24(30)32-21-6-17-5-18(17)7-21)23-8-16(3-4-22(23)28(14)15(2)29)19(9-25)10-26-20-12-31-13-20/h3-4,8-10,14,17-18,20-21H,5-7,11-13,25H2,1-2H3/b19-9+,26-10?/t14-,17?,18?,21?/m0/s1. The summed E-state index contributed by atoms with van der Waals surface area (Å²) in [6, 6.07) is 5.67. The van der Waals surface area contributed by atoms with E-state index in [2.05, 4.69) is 4.99 Å². The van der Waals surface area contributed by atoms with Crippen LogP contribution < -0.4 is 15.5 Å². The van der Waals surface area contributed by atoms with E-state index < -0.39 is 0 Å². The number of benzene rings is 1. The normalized spacial score (nSPS) is 29.5. The number of hydrogen-bond acceptors (Lipinski definition) is 6. The van der Waals surface area contributed by atoms with Crippen LogP contribution in [-0.2, 0) is 14.3 Å². The maximum Gasteiger partial charge on any atom is 0.414 e. The van der Waals surface area contributed by atoms with E-state index in [4.69, 9.17) is 15.2 Å². The van der Waals surface area contributed by atoms with Gasteiger partial charge < -0.3 is 20.1 Å². The van der Waals surface area contributed by atoms with E-state index in [1.165, 1.54) is 12.6 Å². The van der Waals surface area contributed by atoms with E-state index in [1.54, 1.807) is 22.9 Å². The van der Waals surface area contributed by atoms with Crippen LogP contribution in [0, 0.1) is 11.8 Å². The Hall–Kier alpha value is -2.87. The van der Waals surface area contributed by atoms with Crippen molar-refractivity contribution in [1.82, 2.24) is 0 Å². The molecule has 0 bridgehead atoms. The lowest BCUT2D eigenvalue weighted by atomic mass is 10.0. The number of nitrogens with two attached hydrogens (primary N) is 1. The van der Waals surface area contributed by atoms with Crippen molar-refractivity contribution in [2.75, 3.05) is 29.6 Å². The third-order valence-corrected chi connectivity index (χ3v) is 7.00. The van der Waals surface area contributed by atoms with Crippen LogP contribution in [0.2, 0.25) is 0 Å². The van der Waals surface area contributed by atoms with Gasteiger partial charge in [-0.3, -0.25) is 14.7 Å². The summed E-state index contributed by atoms with van der Waals surface area (Å²) in [5.41, 5.74) is 8.82. The fraction of sp³-hybridized carbons (Fsp3) is 0.542. The summed E-state index contributed by atoms with van der Waals surface area (Å²) in [6.45, 7) is 5.11. The lowest BCUT2D eigenvalue weighted by molar-refractivity contribution is -0.117. The fourth-order valence-electron chi connectivity index (χ4n) is 5.13. The molecule has 2 unspecified atom stereocenters. The first-order valence-corrected chi connectivity index (χ1v) is 11.4. The molecule has 0 radical (unpaired) electrons. The minimum atomic E-state index is -0.344. The molecule has 3 fully saturated rings. The van der Waals surface area contributed by atoms with Gasteiger partial charge in [-0.25, -0.2) is 4.79 Å². The van der Waals surface area contributed by atoms with Gasteiger partial charge in [0.2, 0.25) is 5.91 Å². The van der Waals surface area contributed by atoms with Crippen LogP contribution in [0.5, 0.6) is 0 Å². The summed E-state index contributed by atoms with van der Waals surface area (Å²) in [5.74, 6) is 1.41. The Morgan fingerprint density at radius 3 is 2.56 bits per heavy atom. The zero-order valence-corrected chi connectivity index (χ0v) is 18.6. The summed E-state index contributed by atoms with van der Waals surface area (Å²) in [5, 5.41) is 0. The molecule has 2 heterocycles. The van der Waals surface area contributed by atoms with E-state index in [-0.39, 0.29) is 30.2 Å². The number of ether oxygens (including phenoxy) is 2. The highest BCUT2D eigenvalue weighted by Crippen LogP contribution is 2.52. The average molecular weight is 439 g/mol. The molecular formula is C24H30N4O4. The third-order valence-electron chi connectivity index (χ3n) is 7.00. The monoisotopic (exact) mass is 438 g/mol. The van der Waals surface area contributed by atoms with Crippen molar-refractivity contribution in [1.29, 1.82) is 0 Å². The Balaban J connectivity index is 1.44. The summed E-state index contributed by atoms with van der Waals surface area (Å²) < 4.78 is 11.1. The number of nitrogens with zero attached hydrogens (tertiary/aromatic N) is 3. The Morgan fingerprint density at radius 2 is 1.94 bits per heavy atom. The number of carbonyl (C=O) groups excluding carboxylic acids is 2. The maximum atomic E-state index is 13.2. The first kappa shape index (κ1) is 21.0. The largest absolute Gasteiger partial charge is 0.446 e. The molecule has 2 amide bonds. The first-order valence-electron chi connectivity index (χ1n) is 11.4. The highest BCUT2D eigenvalue weighted by molar-refractivity contribution is 6.11. The zero-order chi connectivity index (χ0) is 22.4. The molecular weight excluding hydrogens is 408 g/mol. The summed E-state index contributed by atoms with van der Waals surface area (Å²) in [6.07, 6.45) is 6.11. The van der Waals surface area contributed by atoms with Crippen LogP contribution in [0.4, 0.5) is 16.2 Å². The molecule has 3 atom stereocenters. The minimum Gasteiger partial charge on any atom is -0.446 e. The number of rotatable bonds is 4. The Labute approximate surface area is 188 Å². The van der Waals surface area contributed by atoms with Gasteiger partial charge in [0.15, 0.2) is 0 Å². The van der Waals surface area contributed by atoms with Gasteiger partial charge in [0, 0.05) is 31.5 Å². The van der Waals surface area contributed by atoms with Gasteiger partial charge in [0.25, 0.3) is 0 Å². The number of carbonyl (C=O) groups is 2. The molecule has 0 spiro atoms. The SMILES string of the molecule is CC(=O)N1c2ccc(/C(C=NC3COC3)=C/N)cc2N(C(=O)OC2CC3CC3C2)C[C@@H]1C. The highest BCUT2D eigenvalue weighted by atomic mass is 16.6. The first-order chi connectivity index (χ1) is 15.4. The second-order valence-electron chi connectivity index (χ2n) is 9.38. The number of fused-ring (bicyclic) bond motifs is 2. The molecule has 2 N–H and O–H groups in total. The lowest BCUT2D eigenvalue weighted by Crippen LogP contribution is -2.52. The van der Waals surface area contributed by atoms with Crippen LogP contribution in [0.1, 0.15) is 38.7 Å². The number of allylic oxidation sites excluding steroid dienone is 1. The van der Waals surface area contributed by atoms with Crippen molar-refractivity contribution in [2.45, 2.75) is 51.3 Å². The van der Waals surface area contributed by atoms with Gasteiger partial charge >= 0.3 is 6.09 Å². The quantitative estimate of drug-likeness (QED) is 0.729. The van der Waals surface area contributed by atoms with Crippen LogP contribution in [0.15, 0.2) is 29.4 Å². The minimum absolute atomic E-state index is 0.00430. The highest BCUT2D eigenvalue weighted by Gasteiger charge is 2.48.